The molecule has 20 heavy (non-hydrogen) atoms. The highest BCUT2D eigenvalue weighted by Crippen LogP contribution is 2.29. The zero-order chi connectivity index (χ0) is 14.7. The molecule has 1 aromatic carbocycles. The Kier molecular flexibility index (Phi) is 4.10. The maximum absolute atomic E-state index is 13.9. The molecule has 1 saturated heterocycles. The summed E-state index contributed by atoms with van der Waals surface area (Å²) in [6.45, 7) is 3.00. The minimum atomic E-state index is -0.782. The normalized spacial score (nSPS) is 14.9. The van der Waals surface area contributed by atoms with E-state index in [1.165, 1.54) is 13.0 Å². The van der Waals surface area contributed by atoms with Crippen molar-refractivity contribution in [2.24, 2.45) is 4.99 Å². The van der Waals surface area contributed by atoms with Crippen LogP contribution in [0.4, 0.5) is 20.2 Å². The summed E-state index contributed by atoms with van der Waals surface area (Å²) in [6, 6.07) is 1.97. The Bertz CT molecular complexity index is 554. The number of piperazine rings is 1. The summed E-state index contributed by atoms with van der Waals surface area (Å²) in [5, 5.41) is 0. The molecule has 106 valence electrons. The third kappa shape index (κ3) is 2.83. The lowest BCUT2D eigenvalue weighted by molar-refractivity contribution is -0.129. The number of isocyanates is 1. The zero-order valence-corrected chi connectivity index (χ0v) is 10.9. The van der Waals surface area contributed by atoms with E-state index in [2.05, 4.69) is 4.99 Å². The summed E-state index contributed by atoms with van der Waals surface area (Å²) in [4.78, 5) is 27.7. The molecule has 1 amide bonds. The fourth-order valence-corrected chi connectivity index (χ4v) is 2.22. The number of halogens is 2. The average molecular weight is 281 g/mol. The summed E-state index contributed by atoms with van der Waals surface area (Å²) in [7, 11) is 0. The molecular weight excluding hydrogens is 268 g/mol. The number of rotatable bonds is 2. The minimum Gasteiger partial charge on any atom is -0.363 e. The lowest BCUT2D eigenvalue weighted by Gasteiger charge is -2.35. The van der Waals surface area contributed by atoms with E-state index in [-0.39, 0.29) is 17.3 Å². The van der Waals surface area contributed by atoms with Gasteiger partial charge in [-0.15, -0.1) is 0 Å². The van der Waals surface area contributed by atoms with Crippen molar-refractivity contribution in [3.63, 3.8) is 0 Å². The standard InChI is InChI=1S/C13H13F2N3O2/c1-9(20)17-2-4-18(5-3-17)13-11(14)6-10(16-8-19)7-12(13)15/h6-7H,2-5H2,1H3. The molecule has 1 fully saturated rings. The Labute approximate surface area is 114 Å². The van der Waals surface area contributed by atoms with Crippen molar-refractivity contribution in [2.75, 3.05) is 31.1 Å². The van der Waals surface area contributed by atoms with E-state index in [1.54, 1.807) is 9.80 Å². The molecule has 1 heterocycles. The first-order chi connectivity index (χ1) is 9.52. The number of nitrogens with zero attached hydrogens (tertiary/aromatic N) is 3. The van der Waals surface area contributed by atoms with E-state index in [1.807, 2.05) is 0 Å². The molecule has 0 aliphatic carbocycles. The van der Waals surface area contributed by atoms with Crippen molar-refractivity contribution >= 4 is 23.4 Å². The molecule has 5 nitrogen and oxygen atoms in total. The summed E-state index contributed by atoms with van der Waals surface area (Å²) in [5.74, 6) is -1.62. The van der Waals surface area contributed by atoms with Gasteiger partial charge in [0.15, 0.2) is 11.6 Å². The largest absolute Gasteiger partial charge is 0.363 e. The van der Waals surface area contributed by atoms with Gasteiger partial charge in [-0.05, 0) is 0 Å². The van der Waals surface area contributed by atoms with Gasteiger partial charge in [0, 0.05) is 45.2 Å². The second-order valence-electron chi connectivity index (χ2n) is 4.45. The van der Waals surface area contributed by atoms with Crippen LogP contribution in [0.3, 0.4) is 0 Å². The number of carbonyl (C=O) groups is 1. The lowest BCUT2D eigenvalue weighted by Crippen LogP contribution is -2.48. The molecule has 0 atom stereocenters. The number of aliphatic imine (C=N–C) groups is 1. The Hall–Kier alpha value is -2.27. The molecule has 0 spiro atoms. The molecule has 0 unspecified atom stereocenters. The SMILES string of the molecule is CC(=O)N1CCN(c2c(F)cc(N=C=O)cc2F)CC1. The van der Waals surface area contributed by atoms with Crippen LogP contribution >= 0.6 is 0 Å². The first kappa shape index (κ1) is 14.1. The fourth-order valence-electron chi connectivity index (χ4n) is 2.22. The fraction of sp³-hybridized carbons (Fsp3) is 0.385. The highest BCUT2D eigenvalue weighted by molar-refractivity contribution is 5.73. The van der Waals surface area contributed by atoms with Crippen molar-refractivity contribution < 1.29 is 18.4 Å². The summed E-state index contributed by atoms with van der Waals surface area (Å²) < 4.78 is 27.8. The van der Waals surface area contributed by atoms with Crippen molar-refractivity contribution in [3.05, 3.63) is 23.8 Å². The topological polar surface area (TPSA) is 53.0 Å². The van der Waals surface area contributed by atoms with Crippen LogP contribution in [0.1, 0.15) is 6.92 Å². The molecule has 0 aromatic heterocycles. The molecule has 0 radical (unpaired) electrons. The third-order valence-corrected chi connectivity index (χ3v) is 3.22. The average Bonchev–Trinajstić information content (AvgIpc) is 2.39. The molecular formula is C13H13F2N3O2. The predicted octanol–water partition coefficient (Wildman–Crippen LogP) is 1.60. The van der Waals surface area contributed by atoms with Gasteiger partial charge in [-0.3, -0.25) is 4.79 Å². The predicted molar refractivity (Wildman–Crippen MR) is 68.6 cm³/mol. The lowest BCUT2D eigenvalue weighted by atomic mass is 10.2. The highest BCUT2D eigenvalue weighted by atomic mass is 19.1. The number of anilines is 1. The van der Waals surface area contributed by atoms with Crippen molar-refractivity contribution in [2.45, 2.75) is 6.92 Å². The number of carbonyl (C=O) groups excluding carboxylic acids is 2. The minimum absolute atomic E-state index is 0.0544. The van der Waals surface area contributed by atoms with Crippen molar-refractivity contribution in [1.82, 2.24) is 4.90 Å². The molecule has 1 aliphatic heterocycles. The van der Waals surface area contributed by atoms with Gasteiger partial charge >= 0.3 is 0 Å². The Morgan fingerprint density at radius 3 is 2.20 bits per heavy atom. The van der Waals surface area contributed by atoms with Crippen LogP contribution < -0.4 is 4.90 Å². The van der Waals surface area contributed by atoms with E-state index >= 15 is 0 Å². The van der Waals surface area contributed by atoms with Crippen molar-refractivity contribution in [3.8, 4) is 0 Å². The Balaban J connectivity index is 2.22. The third-order valence-electron chi connectivity index (χ3n) is 3.22. The molecule has 1 aliphatic rings. The van der Waals surface area contributed by atoms with Crippen LogP contribution in [0, 0.1) is 11.6 Å². The molecule has 2 rings (SSSR count). The van der Waals surface area contributed by atoms with Crippen LogP contribution in [0.15, 0.2) is 17.1 Å². The molecule has 0 saturated carbocycles. The van der Waals surface area contributed by atoms with Gasteiger partial charge in [0.25, 0.3) is 0 Å². The maximum atomic E-state index is 13.9. The summed E-state index contributed by atoms with van der Waals surface area (Å²) >= 11 is 0. The number of amides is 1. The van der Waals surface area contributed by atoms with Crippen LogP contribution in [-0.2, 0) is 9.59 Å². The highest BCUT2D eigenvalue weighted by Gasteiger charge is 2.23. The van der Waals surface area contributed by atoms with Crippen LogP contribution in [-0.4, -0.2) is 43.1 Å². The van der Waals surface area contributed by atoms with Crippen LogP contribution in [0.25, 0.3) is 0 Å². The van der Waals surface area contributed by atoms with Gasteiger partial charge in [0.05, 0.1) is 5.69 Å². The number of benzene rings is 1. The van der Waals surface area contributed by atoms with E-state index in [9.17, 15) is 18.4 Å². The summed E-state index contributed by atoms with van der Waals surface area (Å²) in [5.41, 5.74) is -0.265. The molecule has 7 heteroatoms. The number of hydrogen-bond acceptors (Lipinski definition) is 4. The Morgan fingerprint density at radius 2 is 1.75 bits per heavy atom. The molecule has 0 N–H and O–H groups in total. The van der Waals surface area contributed by atoms with E-state index < -0.39 is 11.6 Å². The van der Waals surface area contributed by atoms with Crippen LogP contribution in [0.2, 0.25) is 0 Å². The Morgan fingerprint density at radius 1 is 1.20 bits per heavy atom. The van der Waals surface area contributed by atoms with Gasteiger partial charge < -0.3 is 9.80 Å². The van der Waals surface area contributed by atoms with E-state index in [0.29, 0.717) is 26.2 Å². The number of hydrogen-bond donors (Lipinski definition) is 0. The first-order valence-corrected chi connectivity index (χ1v) is 6.10. The van der Waals surface area contributed by atoms with Gasteiger partial charge in [0.1, 0.15) is 5.69 Å². The summed E-state index contributed by atoms with van der Waals surface area (Å²) in [6.07, 6.45) is 1.24. The second-order valence-corrected chi connectivity index (χ2v) is 4.45. The maximum Gasteiger partial charge on any atom is 0.240 e. The smallest absolute Gasteiger partial charge is 0.240 e. The first-order valence-electron chi connectivity index (χ1n) is 6.10. The molecule has 0 bridgehead atoms. The van der Waals surface area contributed by atoms with Gasteiger partial charge in [-0.1, -0.05) is 0 Å². The van der Waals surface area contributed by atoms with Crippen molar-refractivity contribution in [1.29, 1.82) is 0 Å². The zero-order valence-electron chi connectivity index (χ0n) is 10.9. The monoisotopic (exact) mass is 281 g/mol. The van der Waals surface area contributed by atoms with Gasteiger partial charge in [-0.2, -0.15) is 4.99 Å². The van der Waals surface area contributed by atoms with Crippen LogP contribution in [0.5, 0.6) is 0 Å². The second kappa shape index (κ2) is 5.79. The van der Waals surface area contributed by atoms with E-state index in [4.69, 9.17) is 0 Å². The van der Waals surface area contributed by atoms with E-state index in [0.717, 1.165) is 12.1 Å². The van der Waals surface area contributed by atoms with Gasteiger partial charge in [-0.25, -0.2) is 13.6 Å². The van der Waals surface area contributed by atoms with Gasteiger partial charge in [0.2, 0.25) is 12.0 Å². The quantitative estimate of drug-likeness (QED) is 0.611. The molecule has 1 aromatic rings.